The molecule has 4 aromatic carbocycles. The first-order valence-corrected chi connectivity index (χ1v) is 10.4. The van der Waals surface area contributed by atoms with E-state index in [1.54, 1.807) is 0 Å². The lowest BCUT2D eigenvalue weighted by molar-refractivity contribution is -0.124. The van der Waals surface area contributed by atoms with Crippen molar-refractivity contribution in [1.29, 1.82) is 0 Å². The monoisotopic (exact) mass is 409 g/mol. The van der Waals surface area contributed by atoms with Crippen molar-refractivity contribution in [3.05, 3.63) is 138 Å². The van der Waals surface area contributed by atoms with Crippen LogP contribution in [0.2, 0.25) is 0 Å². The van der Waals surface area contributed by atoms with Crippen molar-refractivity contribution in [3.63, 3.8) is 0 Å². The van der Waals surface area contributed by atoms with Crippen molar-refractivity contribution >= 4 is 19.9 Å². The van der Waals surface area contributed by atoms with E-state index in [2.05, 4.69) is 8.86 Å². The van der Waals surface area contributed by atoms with Crippen LogP contribution in [0.4, 0.5) is 0 Å². The highest BCUT2D eigenvalue weighted by Gasteiger charge is 2.48. The van der Waals surface area contributed by atoms with Crippen LogP contribution >= 0.6 is 8.86 Å². The number of Topliss-reactive ketones (excluding diaryl/α,β-unsaturated/α-hetero) is 1. The van der Waals surface area contributed by atoms with E-state index in [0.717, 1.165) is 16.7 Å². The molecule has 3 heteroatoms. The fourth-order valence-corrected chi connectivity index (χ4v) is 3.94. The second-order valence-electron chi connectivity index (χ2n) is 6.94. The average molecular weight is 409 g/mol. The van der Waals surface area contributed by atoms with Crippen LogP contribution in [-0.4, -0.2) is 11.1 Å². The summed E-state index contributed by atoms with van der Waals surface area (Å²) in [6, 6.07) is 38.5. The maximum Gasteiger partial charge on any atom is 0.257 e. The van der Waals surface area contributed by atoms with Crippen LogP contribution in [0.15, 0.2) is 121 Å². The molecule has 0 saturated heterocycles. The lowest BCUT2D eigenvalue weighted by Crippen LogP contribution is -2.46. The molecular formula is C27H22O2P+. The maximum absolute atomic E-state index is 14.2. The van der Waals surface area contributed by atoms with Gasteiger partial charge in [0, 0.05) is 16.7 Å². The number of rotatable bonds is 7. The Labute approximate surface area is 179 Å². The van der Waals surface area contributed by atoms with Gasteiger partial charge in [-0.15, -0.1) is 0 Å². The summed E-state index contributed by atoms with van der Waals surface area (Å²) in [6.45, 7) is 0. The molecule has 4 rings (SSSR count). The smallest absolute Gasteiger partial charge is 0.257 e. The van der Waals surface area contributed by atoms with Gasteiger partial charge in [0.25, 0.3) is 5.78 Å². The molecule has 0 N–H and O–H groups in total. The summed E-state index contributed by atoms with van der Waals surface area (Å²) in [7, 11) is 2.63. The Kier molecular flexibility index (Phi) is 5.88. The summed E-state index contributed by atoms with van der Waals surface area (Å²) >= 11 is 0. The predicted molar refractivity (Wildman–Crippen MR) is 126 cm³/mol. The third kappa shape index (κ3) is 3.83. The molecule has 4 aromatic rings. The summed E-state index contributed by atoms with van der Waals surface area (Å²) in [4.78, 5) is 14.2. The quantitative estimate of drug-likeness (QED) is 0.368. The van der Waals surface area contributed by atoms with Crippen LogP contribution < -0.4 is 4.74 Å². The van der Waals surface area contributed by atoms with Crippen LogP contribution in [0.5, 0.6) is 5.75 Å². The molecule has 0 aliphatic heterocycles. The first-order chi connectivity index (χ1) is 14.7. The zero-order valence-electron chi connectivity index (χ0n) is 16.4. The molecule has 1 atom stereocenters. The first-order valence-electron chi connectivity index (χ1n) is 9.79. The zero-order chi connectivity index (χ0) is 20.8. The van der Waals surface area contributed by atoms with Gasteiger partial charge in [-0.3, -0.25) is 4.79 Å². The van der Waals surface area contributed by atoms with E-state index in [0.29, 0.717) is 11.0 Å². The third-order valence-electron chi connectivity index (χ3n) is 5.02. The van der Waals surface area contributed by atoms with E-state index >= 15 is 0 Å². The van der Waals surface area contributed by atoms with Gasteiger partial charge in [-0.1, -0.05) is 109 Å². The zero-order valence-corrected chi connectivity index (χ0v) is 17.6. The van der Waals surface area contributed by atoms with Crippen LogP contribution in [0.3, 0.4) is 0 Å². The van der Waals surface area contributed by atoms with E-state index in [-0.39, 0.29) is 5.78 Å². The topological polar surface area (TPSA) is 26.3 Å². The minimum Gasteiger partial charge on any atom is -0.469 e. The van der Waals surface area contributed by atoms with Gasteiger partial charge in [-0.05, 0) is 12.1 Å². The molecule has 0 spiro atoms. The fraction of sp³-hybridized carbons (Fsp3) is 0.0370. The van der Waals surface area contributed by atoms with Gasteiger partial charge in [0.15, 0.2) is 5.29 Å². The van der Waals surface area contributed by atoms with Gasteiger partial charge in [0.1, 0.15) is 5.75 Å². The lowest BCUT2D eigenvalue weighted by atomic mass is 9.80. The van der Waals surface area contributed by atoms with E-state index in [1.807, 2.05) is 121 Å². The van der Waals surface area contributed by atoms with Crippen molar-refractivity contribution < 1.29 is 9.53 Å². The molecule has 0 saturated carbocycles. The Bertz CT molecular complexity index is 1090. The third-order valence-corrected chi connectivity index (χ3v) is 5.62. The Morgan fingerprint density at radius 1 is 0.600 bits per heavy atom. The standard InChI is InChI=1S/C27H21O2P/c28-26(25(30)21-13-5-1-6-14-21)27(22-15-7-2-8-16-22,23-17-9-3-10-18-23)29-24-19-11-4-12-20-24/h1-20,30H/p+1. The predicted octanol–water partition coefficient (Wildman–Crippen LogP) is 5.67. The number of ether oxygens (including phenoxy) is 1. The van der Waals surface area contributed by atoms with Crippen molar-refractivity contribution in [3.8, 4) is 5.75 Å². The highest BCUT2D eigenvalue weighted by molar-refractivity contribution is 7.27. The number of hydrogen-bond donors (Lipinski definition) is 0. The summed E-state index contributed by atoms with van der Waals surface area (Å²) in [5.41, 5.74) is 1.08. The van der Waals surface area contributed by atoms with Gasteiger partial charge in [0.05, 0.1) is 8.86 Å². The minimum atomic E-state index is -1.32. The Morgan fingerprint density at radius 3 is 1.47 bits per heavy atom. The molecule has 0 heterocycles. The number of hydrogen-bond acceptors (Lipinski definition) is 2. The van der Waals surface area contributed by atoms with E-state index in [1.165, 1.54) is 0 Å². The molecule has 0 bridgehead atoms. The van der Waals surface area contributed by atoms with Crippen LogP contribution in [-0.2, 0) is 10.4 Å². The van der Waals surface area contributed by atoms with Crippen LogP contribution in [0.1, 0.15) is 16.7 Å². The van der Waals surface area contributed by atoms with Crippen LogP contribution in [0, 0.1) is 0 Å². The number of carbonyl (C=O) groups excluding carboxylic acids is 1. The highest BCUT2D eigenvalue weighted by atomic mass is 31.0. The number of ketones is 1. The number of para-hydroxylation sites is 1. The fourth-order valence-electron chi connectivity index (χ4n) is 3.54. The molecule has 0 aliphatic rings. The van der Waals surface area contributed by atoms with Gasteiger partial charge in [0.2, 0.25) is 5.60 Å². The molecule has 0 amide bonds. The van der Waals surface area contributed by atoms with E-state index < -0.39 is 5.60 Å². The molecule has 0 radical (unpaired) electrons. The van der Waals surface area contributed by atoms with Crippen molar-refractivity contribution in [2.24, 2.45) is 0 Å². The number of benzene rings is 4. The first kappa shape index (κ1) is 19.8. The minimum absolute atomic E-state index is 0.125. The normalized spacial score (nSPS) is 10.9. The lowest BCUT2D eigenvalue weighted by Gasteiger charge is -2.33. The molecule has 0 aliphatic carbocycles. The summed E-state index contributed by atoms with van der Waals surface area (Å²) in [6.07, 6.45) is 0. The summed E-state index contributed by atoms with van der Waals surface area (Å²) in [5.74, 6) is 0.504. The summed E-state index contributed by atoms with van der Waals surface area (Å²) < 4.78 is 6.59. The molecule has 0 fully saturated rings. The molecule has 30 heavy (non-hydrogen) atoms. The second-order valence-corrected chi connectivity index (χ2v) is 7.51. The van der Waals surface area contributed by atoms with E-state index in [4.69, 9.17) is 4.74 Å². The Balaban J connectivity index is 1.94. The van der Waals surface area contributed by atoms with Crippen molar-refractivity contribution in [1.82, 2.24) is 0 Å². The Morgan fingerprint density at radius 2 is 1.00 bits per heavy atom. The van der Waals surface area contributed by atoms with Crippen molar-refractivity contribution in [2.45, 2.75) is 5.60 Å². The average Bonchev–Trinajstić information content (AvgIpc) is 2.84. The SMILES string of the molecule is O=C(C(=[PH2+])c1ccccc1)C(Oc1ccccc1)(c1ccccc1)c1ccccc1. The molecule has 0 aromatic heterocycles. The Hall–Kier alpha value is -3.48. The van der Waals surface area contributed by atoms with Gasteiger partial charge in [-0.2, -0.15) is 0 Å². The van der Waals surface area contributed by atoms with Crippen LogP contribution in [0.25, 0.3) is 0 Å². The largest absolute Gasteiger partial charge is 0.469 e. The van der Waals surface area contributed by atoms with Gasteiger partial charge in [-0.25, -0.2) is 0 Å². The molecule has 2 nitrogen and oxygen atoms in total. The summed E-state index contributed by atoms with van der Waals surface area (Å²) in [5, 5.41) is 0.569. The van der Waals surface area contributed by atoms with Gasteiger partial charge >= 0.3 is 0 Å². The maximum atomic E-state index is 14.2. The molecule has 1 unspecified atom stereocenters. The highest BCUT2D eigenvalue weighted by Crippen LogP contribution is 2.37. The molecular weight excluding hydrogens is 387 g/mol. The molecule has 146 valence electrons. The van der Waals surface area contributed by atoms with E-state index in [9.17, 15) is 4.79 Å². The second kappa shape index (κ2) is 8.90. The number of carbonyl (C=O) groups is 1. The van der Waals surface area contributed by atoms with Gasteiger partial charge < -0.3 is 4.74 Å². The van der Waals surface area contributed by atoms with Crippen molar-refractivity contribution in [2.75, 3.05) is 0 Å².